The molecule has 0 atom stereocenters. The summed E-state index contributed by atoms with van der Waals surface area (Å²) in [5, 5.41) is 6.37. The third-order valence-corrected chi connectivity index (χ3v) is 3.46. The molecule has 1 amide bonds. The molecule has 0 aromatic carbocycles. The Kier molecular flexibility index (Phi) is 7.25. The van der Waals surface area contributed by atoms with Gasteiger partial charge in [0.25, 0.3) is 0 Å². The molecule has 3 heteroatoms. The van der Waals surface area contributed by atoms with Gasteiger partial charge in [0.1, 0.15) is 0 Å². The van der Waals surface area contributed by atoms with Crippen molar-refractivity contribution in [3.8, 4) is 0 Å². The molecule has 0 spiro atoms. The topological polar surface area (TPSA) is 41.1 Å². The number of carbonyl (C=O) groups is 1. The van der Waals surface area contributed by atoms with Crippen LogP contribution in [0.4, 0.5) is 0 Å². The Morgan fingerprint density at radius 1 is 1.29 bits per heavy atom. The van der Waals surface area contributed by atoms with Gasteiger partial charge >= 0.3 is 0 Å². The van der Waals surface area contributed by atoms with Crippen molar-refractivity contribution >= 4 is 5.91 Å². The highest BCUT2D eigenvalue weighted by atomic mass is 16.1. The number of piperidine rings is 1. The third kappa shape index (κ3) is 7.37. The van der Waals surface area contributed by atoms with E-state index in [0.717, 1.165) is 51.2 Å². The number of rotatable bonds is 7. The lowest BCUT2D eigenvalue weighted by molar-refractivity contribution is -0.122. The van der Waals surface area contributed by atoms with Crippen molar-refractivity contribution < 1.29 is 4.79 Å². The maximum atomic E-state index is 11.7. The second kappa shape index (κ2) is 8.51. The predicted octanol–water partition coefficient (Wildman–Crippen LogP) is 2.32. The summed E-state index contributed by atoms with van der Waals surface area (Å²) in [6.07, 6.45) is 6.65. The molecule has 1 aliphatic heterocycles. The molecule has 1 saturated heterocycles. The van der Waals surface area contributed by atoms with Crippen LogP contribution < -0.4 is 10.6 Å². The van der Waals surface area contributed by atoms with E-state index in [9.17, 15) is 4.79 Å². The maximum Gasteiger partial charge on any atom is 0.220 e. The SMILES string of the molecule is CC(C)CCCCNC(=O)CC1CCNCC1. The van der Waals surface area contributed by atoms with Crippen LogP contribution in [0.25, 0.3) is 0 Å². The van der Waals surface area contributed by atoms with Gasteiger partial charge in [-0.25, -0.2) is 0 Å². The normalized spacial score (nSPS) is 17.4. The van der Waals surface area contributed by atoms with Crippen LogP contribution in [0.1, 0.15) is 52.4 Å². The number of unbranched alkanes of at least 4 members (excludes halogenated alkanes) is 1. The third-order valence-electron chi connectivity index (χ3n) is 3.46. The highest BCUT2D eigenvalue weighted by Crippen LogP contribution is 2.15. The first-order chi connectivity index (χ1) is 8.18. The summed E-state index contributed by atoms with van der Waals surface area (Å²) >= 11 is 0. The van der Waals surface area contributed by atoms with Crippen molar-refractivity contribution in [2.24, 2.45) is 11.8 Å². The number of amides is 1. The van der Waals surface area contributed by atoms with E-state index in [1.165, 1.54) is 12.8 Å². The van der Waals surface area contributed by atoms with Gasteiger partial charge in [-0.15, -0.1) is 0 Å². The van der Waals surface area contributed by atoms with Gasteiger partial charge in [-0.05, 0) is 44.2 Å². The van der Waals surface area contributed by atoms with Crippen molar-refractivity contribution in [2.45, 2.75) is 52.4 Å². The largest absolute Gasteiger partial charge is 0.356 e. The lowest BCUT2D eigenvalue weighted by Gasteiger charge is -2.21. The Morgan fingerprint density at radius 2 is 2.00 bits per heavy atom. The van der Waals surface area contributed by atoms with Crippen LogP contribution in [0.5, 0.6) is 0 Å². The van der Waals surface area contributed by atoms with Crippen molar-refractivity contribution in [3.05, 3.63) is 0 Å². The predicted molar refractivity (Wildman–Crippen MR) is 71.9 cm³/mol. The zero-order chi connectivity index (χ0) is 12.5. The second-order valence-electron chi connectivity index (χ2n) is 5.64. The van der Waals surface area contributed by atoms with Gasteiger partial charge in [0, 0.05) is 13.0 Å². The van der Waals surface area contributed by atoms with Crippen molar-refractivity contribution in [1.82, 2.24) is 10.6 Å². The molecular weight excluding hydrogens is 212 g/mol. The summed E-state index contributed by atoms with van der Waals surface area (Å²) in [5.74, 6) is 1.63. The van der Waals surface area contributed by atoms with Crippen LogP contribution >= 0.6 is 0 Å². The first-order valence-electron chi connectivity index (χ1n) is 7.16. The van der Waals surface area contributed by atoms with Crippen LogP contribution in [0, 0.1) is 11.8 Å². The van der Waals surface area contributed by atoms with Gasteiger partial charge in [0.15, 0.2) is 0 Å². The minimum absolute atomic E-state index is 0.251. The van der Waals surface area contributed by atoms with Crippen molar-refractivity contribution in [3.63, 3.8) is 0 Å². The molecule has 0 bridgehead atoms. The summed E-state index contributed by atoms with van der Waals surface area (Å²) in [4.78, 5) is 11.7. The fourth-order valence-corrected chi connectivity index (χ4v) is 2.33. The zero-order valence-corrected chi connectivity index (χ0v) is 11.4. The average molecular weight is 240 g/mol. The lowest BCUT2D eigenvalue weighted by atomic mass is 9.94. The second-order valence-corrected chi connectivity index (χ2v) is 5.64. The van der Waals surface area contributed by atoms with Crippen LogP contribution in [0.2, 0.25) is 0 Å². The van der Waals surface area contributed by atoms with Crippen molar-refractivity contribution in [2.75, 3.05) is 19.6 Å². The highest BCUT2D eigenvalue weighted by Gasteiger charge is 2.16. The molecule has 3 nitrogen and oxygen atoms in total. The quantitative estimate of drug-likeness (QED) is 0.671. The van der Waals surface area contributed by atoms with Crippen LogP contribution in [-0.4, -0.2) is 25.5 Å². The molecule has 1 rings (SSSR count). The molecule has 0 saturated carbocycles. The van der Waals surface area contributed by atoms with E-state index in [4.69, 9.17) is 0 Å². The van der Waals surface area contributed by atoms with Crippen LogP contribution in [-0.2, 0) is 4.79 Å². The first kappa shape index (κ1) is 14.5. The lowest BCUT2D eigenvalue weighted by Crippen LogP contribution is -2.32. The number of nitrogens with one attached hydrogen (secondary N) is 2. The van der Waals surface area contributed by atoms with Gasteiger partial charge in [0.2, 0.25) is 5.91 Å². The molecule has 100 valence electrons. The Morgan fingerprint density at radius 3 is 2.65 bits per heavy atom. The Labute approximate surface area is 106 Å². The molecule has 2 N–H and O–H groups in total. The number of hydrogen-bond acceptors (Lipinski definition) is 2. The van der Waals surface area contributed by atoms with Crippen LogP contribution in [0.3, 0.4) is 0 Å². The monoisotopic (exact) mass is 240 g/mol. The highest BCUT2D eigenvalue weighted by molar-refractivity contribution is 5.76. The molecule has 0 aromatic rings. The molecule has 0 aromatic heterocycles. The van der Waals surface area contributed by atoms with E-state index in [2.05, 4.69) is 24.5 Å². The molecule has 1 aliphatic rings. The Hall–Kier alpha value is -0.570. The Balaban J connectivity index is 1.97. The molecular formula is C14H28N2O. The summed E-state index contributed by atoms with van der Waals surface area (Å²) in [7, 11) is 0. The minimum atomic E-state index is 0.251. The smallest absolute Gasteiger partial charge is 0.220 e. The van der Waals surface area contributed by atoms with Gasteiger partial charge in [-0.1, -0.05) is 26.7 Å². The van der Waals surface area contributed by atoms with Gasteiger partial charge < -0.3 is 10.6 Å². The van der Waals surface area contributed by atoms with E-state index < -0.39 is 0 Å². The van der Waals surface area contributed by atoms with Gasteiger partial charge in [-0.2, -0.15) is 0 Å². The van der Waals surface area contributed by atoms with Crippen molar-refractivity contribution in [1.29, 1.82) is 0 Å². The molecule has 0 aliphatic carbocycles. The summed E-state index contributed by atoms with van der Waals surface area (Å²) < 4.78 is 0. The summed E-state index contributed by atoms with van der Waals surface area (Å²) in [6, 6.07) is 0. The van der Waals surface area contributed by atoms with E-state index in [0.29, 0.717) is 5.92 Å². The summed E-state index contributed by atoms with van der Waals surface area (Å²) in [5.41, 5.74) is 0. The molecule has 1 fully saturated rings. The van der Waals surface area contributed by atoms with E-state index >= 15 is 0 Å². The van der Waals surface area contributed by atoms with E-state index in [1.54, 1.807) is 0 Å². The maximum absolute atomic E-state index is 11.7. The first-order valence-corrected chi connectivity index (χ1v) is 7.16. The number of carbonyl (C=O) groups excluding carboxylic acids is 1. The van der Waals surface area contributed by atoms with Gasteiger partial charge in [-0.3, -0.25) is 4.79 Å². The zero-order valence-electron chi connectivity index (χ0n) is 11.4. The Bertz CT molecular complexity index is 210. The minimum Gasteiger partial charge on any atom is -0.356 e. The van der Waals surface area contributed by atoms with E-state index in [-0.39, 0.29) is 5.91 Å². The van der Waals surface area contributed by atoms with Gasteiger partial charge in [0.05, 0.1) is 0 Å². The molecule has 17 heavy (non-hydrogen) atoms. The molecule has 1 heterocycles. The summed E-state index contributed by atoms with van der Waals surface area (Å²) in [6.45, 7) is 7.50. The average Bonchev–Trinajstić information content (AvgIpc) is 2.29. The molecule has 0 unspecified atom stereocenters. The van der Waals surface area contributed by atoms with E-state index in [1.807, 2.05) is 0 Å². The van der Waals surface area contributed by atoms with Crippen LogP contribution in [0.15, 0.2) is 0 Å². The molecule has 0 radical (unpaired) electrons. The fourth-order valence-electron chi connectivity index (χ4n) is 2.33. The number of hydrogen-bond donors (Lipinski definition) is 2. The fraction of sp³-hybridized carbons (Fsp3) is 0.929. The standard InChI is InChI=1S/C14H28N2O/c1-12(2)5-3-4-8-16-14(17)11-13-6-9-15-10-7-13/h12-13,15H,3-11H2,1-2H3,(H,16,17).